The lowest BCUT2D eigenvalue weighted by molar-refractivity contribution is -0.166. The maximum atomic E-state index is 12.4. The number of β-amino-alcohol motifs (C(OH)–C–C–N with tert-alkyl or cyclic N) is 1. The van der Waals surface area contributed by atoms with Gasteiger partial charge >= 0.3 is 12.1 Å². The Kier molecular flexibility index (Phi) is 4.63. The highest BCUT2D eigenvalue weighted by molar-refractivity contribution is 5.86. The highest BCUT2D eigenvalue weighted by Gasteiger charge is 2.52. The third-order valence-corrected chi connectivity index (χ3v) is 3.07. The van der Waals surface area contributed by atoms with E-state index in [2.05, 4.69) is 0 Å². The van der Waals surface area contributed by atoms with Crippen LogP contribution in [0.4, 0.5) is 4.79 Å². The number of likely N-dealkylation sites (tertiary alicyclic amines) is 1. The summed E-state index contributed by atoms with van der Waals surface area (Å²) in [6.07, 6.45) is -1.25. The molecule has 6 nitrogen and oxygen atoms in total. The monoisotopic (exact) mass is 301 g/mol. The summed E-state index contributed by atoms with van der Waals surface area (Å²) in [6.45, 7) is 12.2. The Morgan fingerprint density at radius 1 is 1.10 bits per heavy atom. The van der Waals surface area contributed by atoms with Gasteiger partial charge in [-0.05, 0) is 48.5 Å². The van der Waals surface area contributed by atoms with Crippen LogP contribution in [0, 0.1) is 0 Å². The fourth-order valence-electron chi connectivity index (χ4n) is 2.22. The zero-order valence-electron chi connectivity index (χ0n) is 14.0. The lowest BCUT2D eigenvalue weighted by Crippen LogP contribution is -2.54. The van der Waals surface area contributed by atoms with E-state index in [0.29, 0.717) is 0 Å². The molecule has 1 fully saturated rings. The maximum Gasteiger partial charge on any atom is 0.411 e. The maximum absolute atomic E-state index is 12.4. The first-order chi connectivity index (χ1) is 9.24. The van der Waals surface area contributed by atoms with E-state index in [1.807, 2.05) is 0 Å². The Balaban J connectivity index is 2.96. The molecule has 6 heteroatoms. The number of nitrogens with zero attached hydrogens (tertiary/aromatic N) is 1. The first kappa shape index (κ1) is 17.8. The number of aliphatic hydroxyl groups excluding tert-OH is 1. The Morgan fingerprint density at radius 3 is 2.00 bits per heavy atom. The van der Waals surface area contributed by atoms with Crippen molar-refractivity contribution in [1.82, 2.24) is 4.90 Å². The number of ether oxygens (including phenoxy) is 2. The van der Waals surface area contributed by atoms with E-state index in [1.165, 1.54) is 4.90 Å². The van der Waals surface area contributed by atoms with E-state index in [9.17, 15) is 14.7 Å². The van der Waals surface area contributed by atoms with Crippen molar-refractivity contribution in [2.45, 2.75) is 77.7 Å². The molecule has 0 aromatic carbocycles. The summed E-state index contributed by atoms with van der Waals surface area (Å²) in [5, 5.41) is 9.87. The first-order valence-corrected chi connectivity index (χ1v) is 7.17. The van der Waals surface area contributed by atoms with Crippen molar-refractivity contribution < 1.29 is 24.2 Å². The molecule has 1 aliphatic rings. The number of rotatable bonds is 1. The molecule has 1 amide bonds. The second kappa shape index (κ2) is 5.48. The van der Waals surface area contributed by atoms with Crippen LogP contribution in [0.15, 0.2) is 0 Å². The minimum atomic E-state index is -1.21. The smallest absolute Gasteiger partial charge is 0.411 e. The van der Waals surface area contributed by atoms with Crippen molar-refractivity contribution in [1.29, 1.82) is 0 Å². The number of carbonyl (C=O) groups excluding carboxylic acids is 2. The van der Waals surface area contributed by atoms with Crippen LogP contribution >= 0.6 is 0 Å². The van der Waals surface area contributed by atoms with Gasteiger partial charge in [0.15, 0.2) is 0 Å². The molecule has 0 aromatic rings. The van der Waals surface area contributed by atoms with E-state index in [0.717, 1.165) is 0 Å². The average molecular weight is 301 g/mol. The van der Waals surface area contributed by atoms with Crippen LogP contribution < -0.4 is 0 Å². The predicted molar refractivity (Wildman–Crippen MR) is 77.8 cm³/mol. The van der Waals surface area contributed by atoms with Gasteiger partial charge in [-0.15, -0.1) is 0 Å². The quantitative estimate of drug-likeness (QED) is 0.750. The van der Waals surface area contributed by atoms with Crippen LogP contribution in [0.25, 0.3) is 0 Å². The molecule has 1 rings (SSSR count). The third-order valence-electron chi connectivity index (χ3n) is 3.07. The van der Waals surface area contributed by atoms with E-state index in [1.54, 1.807) is 48.5 Å². The number of amides is 1. The van der Waals surface area contributed by atoms with Crippen LogP contribution in [0.5, 0.6) is 0 Å². The molecular formula is C15H27NO5. The largest absolute Gasteiger partial charge is 0.458 e. The van der Waals surface area contributed by atoms with Gasteiger partial charge in [0.1, 0.15) is 16.7 Å². The van der Waals surface area contributed by atoms with Crippen molar-refractivity contribution in [2.24, 2.45) is 0 Å². The zero-order chi connectivity index (χ0) is 16.6. The summed E-state index contributed by atoms with van der Waals surface area (Å²) in [6, 6.07) is 0. The fourth-order valence-corrected chi connectivity index (χ4v) is 2.22. The van der Waals surface area contributed by atoms with Gasteiger partial charge in [0.05, 0.1) is 12.6 Å². The second-order valence-electron chi connectivity index (χ2n) is 7.72. The zero-order valence-corrected chi connectivity index (χ0v) is 14.0. The normalized spacial score (nSPS) is 26.7. The number of aliphatic hydroxyl groups is 1. The topological polar surface area (TPSA) is 76.1 Å². The standard InChI is InChI=1S/C15H27NO5/c1-13(2,3)20-11(18)15(7)8-10(17)9-16(15)12(19)21-14(4,5)6/h10,17H,8-9H2,1-7H3/t10-,15+/m1/s1. The van der Waals surface area contributed by atoms with Crippen molar-refractivity contribution in [3.05, 3.63) is 0 Å². The molecule has 0 radical (unpaired) electrons. The molecule has 0 spiro atoms. The molecule has 21 heavy (non-hydrogen) atoms. The van der Waals surface area contributed by atoms with Crippen molar-refractivity contribution in [3.8, 4) is 0 Å². The number of esters is 1. The van der Waals surface area contributed by atoms with Gasteiger partial charge in [0.25, 0.3) is 0 Å². The van der Waals surface area contributed by atoms with E-state index < -0.39 is 34.9 Å². The van der Waals surface area contributed by atoms with Crippen LogP contribution in [0.3, 0.4) is 0 Å². The number of hydrogen-bond donors (Lipinski definition) is 1. The van der Waals surface area contributed by atoms with Crippen LogP contribution in [-0.4, -0.2) is 51.5 Å². The number of hydrogen-bond acceptors (Lipinski definition) is 5. The molecule has 122 valence electrons. The van der Waals surface area contributed by atoms with Crippen molar-refractivity contribution >= 4 is 12.1 Å². The van der Waals surface area contributed by atoms with Crippen molar-refractivity contribution in [2.75, 3.05) is 6.54 Å². The van der Waals surface area contributed by atoms with Gasteiger partial charge in [0, 0.05) is 6.42 Å². The average Bonchev–Trinajstić information content (AvgIpc) is 2.50. The minimum absolute atomic E-state index is 0.0602. The third kappa shape index (κ3) is 4.59. The van der Waals surface area contributed by atoms with Gasteiger partial charge in [-0.25, -0.2) is 9.59 Å². The molecule has 0 aliphatic carbocycles. The molecule has 1 heterocycles. The van der Waals surface area contributed by atoms with Gasteiger partial charge in [-0.2, -0.15) is 0 Å². The second-order valence-corrected chi connectivity index (χ2v) is 7.72. The van der Waals surface area contributed by atoms with Crippen LogP contribution in [-0.2, 0) is 14.3 Å². The molecule has 1 aliphatic heterocycles. The van der Waals surface area contributed by atoms with Crippen LogP contribution in [0.1, 0.15) is 54.9 Å². The Morgan fingerprint density at radius 2 is 1.57 bits per heavy atom. The highest BCUT2D eigenvalue weighted by atomic mass is 16.6. The molecular weight excluding hydrogens is 274 g/mol. The first-order valence-electron chi connectivity index (χ1n) is 7.17. The van der Waals surface area contributed by atoms with Gasteiger partial charge in [0.2, 0.25) is 0 Å². The van der Waals surface area contributed by atoms with Crippen molar-refractivity contribution in [3.63, 3.8) is 0 Å². The van der Waals surface area contributed by atoms with E-state index >= 15 is 0 Å². The molecule has 0 bridgehead atoms. The summed E-state index contributed by atoms with van der Waals surface area (Å²) in [5.74, 6) is -0.530. The molecule has 2 atom stereocenters. The summed E-state index contributed by atoms with van der Waals surface area (Å²) < 4.78 is 10.7. The predicted octanol–water partition coefficient (Wildman–Crippen LogP) is 2.09. The molecule has 0 aromatic heterocycles. The SMILES string of the molecule is CC(C)(C)OC(=O)N1C[C@H](O)C[C@@]1(C)C(=O)OC(C)(C)C. The minimum Gasteiger partial charge on any atom is -0.458 e. The molecule has 0 saturated carbocycles. The summed E-state index contributed by atoms with van der Waals surface area (Å²) in [7, 11) is 0. The Bertz CT molecular complexity index is 421. The summed E-state index contributed by atoms with van der Waals surface area (Å²) >= 11 is 0. The highest BCUT2D eigenvalue weighted by Crippen LogP contribution is 2.33. The fraction of sp³-hybridized carbons (Fsp3) is 0.867. The Labute approximate surface area is 126 Å². The van der Waals surface area contributed by atoms with Gasteiger partial charge in [-0.3, -0.25) is 4.90 Å². The van der Waals surface area contributed by atoms with Gasteiger partial charge < -0.3 is 14.6 Å². The number of carbonyl (C=O) groups is 2. The van der Waals surface area contributed by atoms with Gasteiger partial charge in [-0.1, -0.05) is 0 Å². The lowest BCUT2D eigenvalue weighted by atomic mass is 9.98. The van der Waals surface area contributed by atoms with E-state index in [-0.39, 0.29) is 13.0 Å². The molecule has 1 saturated heterocycles. The summed E-state index contributed by atoms with van der Waals surface area (Å²) in [4.78, 5) is 26.0. The molecule has 0 unspecified atom stereocenters. The molecule has 1 N–H and O–H groups in total. The Hall–Kier alpha value is -1.30. The lowest BCUT2D eigenvalue weighted by Gasteiger charge is -2.35. The summed E-state index contributed by atoms with van der Waals surface area (Å²) in [5.41, 5.74) is -2.54. The van der Waals surface area contributed by atoms with Crippen LogP contribution in [0.2, 0.25) is 0 Å². The van der Waals surface area contributed by atoms with E-state index in [4.69, 9.17) is 9.47 Å².